The van der Waals surface area contributed by atoms with Crippen molar-refractivity contribution in [3.8, 4) is 11.4 Å². The van der Waals surface area contributed by atoms with Gasteiger partial charge in [0.25, 0.3) is 0 Å². The van der Waals surface area contributed by atoms with Crippen molar-refractivity contribution in [3.05, 3.63) is 36.2 Å². The fraction of sp³-hybridized carbons (Fsp3) is 0.100. The Balaban J connectivity index is 2.49. The minimum atomic E-state index is 0.242. The van der Waals surface area contributed by atoms with Gasteiger partial charge in [-0.05, 0) is 31.2 Å². The van der Waals surface area contributed by atoms with Gasteiger partial charge in [-0.15, -0.1) is 0 Å². The number of aromatic nitrogens is 2. The Morgan fingerprint density at radius 3 is 2.43 bits per heavy atom. The van der Waals surface area contributed by atoms with E-state index in [0.717, 1.165) is 11.4 Å². The van der Waals surface area contributed by atoms with Crippen LogP contribution in [-0.4, -0.2) is 14.9 Å². The van der Waals surface area contributed by atoms with Crippen LogP contribution in [-0.2, 0) is 0 Å². The van der Waals surface area contributed by atoms with Gasteiger partial charge in [-0.1, -0.05) is 0 Å². The molecule has 0 aliphatic heterocycles. The van der Waals surface area contributed by atoms with E-state index in [-0.39, 0.29) is 5.75 Å². The summed E-state index contributed by atoms with van der Waals surface area (Å²) < 4.78 is 1.73. The fourth-order valence-electron chi connectivity index (χ4n) is 1.28. The van der Waals surface area contributed by atoms with Gasteiger partial charge in [0, 0.05) is 0 Å². The second-order valence-electron chi connectivity index (χ2n) is 3.11. The van der Waals surface area contributed by atoms with Crippen molar-refractivity contribution in [3.63, 3.8) is 0 Å². The number of rotatable bonds is 1. The average Bonchev–Trinajstić information content (AvgIpc) is 2.50. The molecule has 1 heterocycles. The van der Waals surface area contributed by atoms with Crippen molar-refractivity contribution >= 4 is 5.69 Å². The first kappa shape index (κ1) is 8.62. The highest BCUT2D eigenvalue weighted by atomic mass is 16.3. The van der Waals surface area contributed by atoms with Crippen LogP contribution in [0.15, 0.2) is 30.5 Å². The summed E-state index contributed by atoms with van der Waals surface area (Å²) in [6.07, 6.45) is 1.61. The number of phenols is 1. The molecule has 0 amide bonds. The normalized spacial score (nSPS) is 10.4. The lowest BCUT2D eigenvalue weighted by molar-refractivity contribution is 0.475. The molecule has 0 bridgehead atoms. The number of nitrogens with two attached hydrogens (primary N) is 1. The molecule has 72 valence electrons. The Bertz CT molecular complexity index is 445. The second-order valence-corrected chi connectivity index (χ2v) is 3.11. The highest BCUT2D eigenvalue weighted by molar-refractivity contribution is 5.46. The number of aromatic hydroxyl groups is 1. The highest BCUT2D eigenvalue weighted by Gasteiger charge is 2.04. The first-order valence-corrected chi connectivity index (χ1v) is 4.28. The van der Waals surface area contributed by atoms with Crippen LogP contribution < -0.4 is 5.73 Å². The van der Waals surface area contributed by atoms with Gasteiger partial charge in [0.1, 0.15) is 5.75 Å². The molecular formula is C10H11N3O. The van der Waals surface area contributed by atoms with E-state index in [2.05, 4.69) is 5.10 Å². The molecule has 0 unspecified atom stereocenters. The highest BCUT2D eigenvalue weighted by Crippen LogP contribution is 2.17. The van der Waals surface area contributed by atoms with E-state index in [1.165, 1.54) is 0 Å². The molecule has 1 aromatic heterocycles. The Labute approximate surface area is 81.6 Å². The number of nitrogen functional groups attached to an aromatic ring is 1. The van der Waals surface area contributed by atoms with Gasteiger partial charge in [-0.3, -0.25) is 0 Å². The number of hydrogen-bond acceptors (Lipinski definition) is 3. The molecule has 0 radical (unpaired) electrons. The number of nitrogens with zero attached hydrogens (tertiary/aromatic N) is 2. The van der Waals surface area contributed by atoms with Crippen LogP contribution in [0.4, 0.5) is 5.69 Å². The number of benzene rings is 1. The lowest BCUT2D eigenvalue weighted by Crippen LogP contribution is -1.98. The third-order valence-corrected chi connectivity index (χ3v) is 2.14. The Hall–Kier alpha value is -1.97. The monoisotopic (exact) mass is 189 g/mol. The summed E-state index contributed by atoms with van der Waals surface area (Å²) in [6.45, 7) is 1.90. The third kappa shape index (κ3) is 1.31. The maximum Gasteiger partial charge on any atom is 0.115 e. The van der Waals surface area contributed by atoms with E-state index < -0.39 is 0 Å². The van der Waals surface area contributed by atoms with Crippen molar-refractivity contribution in [2.75, 3.05) is 5.73 Å². The third-order valence-electron chi connectivity index (χ3n) is 2.14. The molecule has 2 aromatic rings. The number of hydrogen-bond donors (Lipinski definition) is 2. The molecule has 0 spiro atoms. The number of anilines is 1. The molecule has 0 saturated heterocycles. The van der Waals surface area contributed by atoms with Gasteiger partial charge in [-0.2, -0.15) is 5.10 Å². The number of phenolic OH excluding ortho intramolecular Hbond substituents is 1. The summed E-state index contributed by atoms with van der Waals surface area (Å²) in [5.41, 5.74) is 8.12. The standard InChI is InChI=1S/C10H11N3O/c1-7-10(11)6-12-13(7)8-2-4-9(14)5-3-8/h2-6,14H,11H2,1H3. The van der Waals surface area contributed by atoms with E-state index in [9.17, 15) is 0 Å². The van der Waals surface area contributed by atoms with Gasteiger partial charge in [0.2, 0.25) is 0 Å². The Morgan fingerprint density at radius 1 is 1.29 bits per heavy atom. The van der Waals surface area contributed by atoms with Gasteiger partial charge in [-0.25, -0.2) is 4.68 Å². The molecule has 0 aliphatic rings. The maximum atomic E-state index is 9.12. The van der Waals surface area contributed by atoms with Crippen molar-refractivity contribution < 1.29 is 5.11 Å². The maximum absolute atomic E-state index is 9.12. The summed E-state index contributed by atoms with van der Waals surface area (Å²) in [7, 11) is 0. The van der Waals surface area contributed by atoms with Crippen molar-refractivity contribution in [2.24, 2.45) is 0 Å². The SMILES string of the molecule is Cc1c(N)cnn1-c1ccc(O)cc1. The summed E-state index contributed by atoms with van der Waals surface area (Å²) in [4.78, 5) is 0. The zero-order valence-electron chi connectivity index (χ0n) is 7.81. The molecule has 0 atom stereocenters. The molecule has 4 heteroatoms. The summed E-state index contributed by atoms with van der Waals surface area (Å²) in [6, 6.07) is 6.81. The average molecular weight is 189 g/mol. The van der Waals surface area contributed by atoms with E-state index >= 15 is 0 Å². The van der Waals surface area contributed by atoms with Crippen molar-refractivity contribution in [2.45, 2.75) is 6.92 Å². The zero-order chi connectivity index (χ0) is 10.1. The minimum Gasteiger partial charge on any atom is -0.508 e. The van der Waals surface area contributed by atoms with Gasteiger partial charge in [0.15, 0.2) is 0 Å². The quantitative estimate of drug-likeness (QED) is 0.714. The summed E-state index contributed by atoms with van der Waals surface area (Å²) in [5, 5.41) is 13.2. The van der Waals surface area contributed by atoms with E-state index in [0.29, 0.717) is 5.69 Å². The van der Waals surface area contributed by atoms with E-state index in [1.54, 1.807) is 35.1 Å². The molecule has 4 nitrogen and oxygen atoms in total. The van der Waals surface area contributed by atoms with Crippen molar-refractivity contribution in [1.29, 1.82) is 0 Å². The smallest absolute Gasteiger partial charge is 0.115 e. The molecule has 3 N–H and O–H groups in total. The van der Waals surface area contributed by atoms with Crippen LogP contribution >= 0.6 is 0 Å². The fourth-order valence-corrected chi connectivity index (χ4v) is 1.28. The molecule has 0 aliphatic carbocycles. The van der Waals surface area contributed by atoms with Crippen LogP contribution in [0.25, 0.3) is 5.69 Å². The van der Waals surface area contributed by atoms with Gasteiger partial charge in [0.05, 0.1) is 23.3 Å². The predicted molar refractivity (Wildman–Crippen MR) is 54.4 cm³/mol. The lowest BCUT2D eigenvalue weighted by Gasteiger charge is -2.03. The van der Waals surface area contributed by atoms with Crippen LogP contribution in [0.3, 0.4) is 0 Å². The lowest BCUT2D eigenvalue weighted by atomic mass is 10.3. The second kappa shape index (κ2) is 3.06. The van der Waals surface area contributed by atoms with Crippen LogP contribution in [0.1, 0.15) is 5.69 Å². The molecule has 0 saturated carbocycles. The molecule has 1 aromatic carbocycles. The first-order chi connectivity index (χ1) is 6.68. The molecule has 14 heavy (non-hydrogen) atoms. The first-order valence-electron chi connectivity index (χ1n) is 4.28. The zero-order valence-corrected chi connectivity index (χ0v) is 7.81. The predicted octanol–water partition coefficient (Wildman–Crippen LogP) is 1.47. The summed E-state index contributed by atoms with van der Waals surface area (Å²) >= 11 is 0. The van der Waals surface area contributed by atoms with Crippen molar-refractivity contribution in [1.82, 2.24) is 9.78 Å². The topological polar surface area (TPSA) is 64.1 Å². The van der Waals surface area contributed by atoms with Gasteiger partial charge >= 0.3 is 0 Å². The Morgan fingerprint density at radius 2 is 1.93 bits per heavy atom. The minimum absolute atomic E-state index is 0.242. The van der Waals surface area contributed by atoms with Crippen LogP contribution in [0.5, 0.6) is 5.75 Å². The van der Waals surface area contributed by atoms with Crippen LogP contribution in [0, 0.1) is 6.92 Å². The van der Waals surface area contributed by atoms with E-state index in [1.807, 2.05) is 6.92 Å². The van der Waals surface area contributed by atoms with E-state index in [4.69, 9.17) is 10.8 Å². The molecule has 0 fully saturated rings. The molecular weight excluding hydrogens is 178 g/mol. The summed E-state index contributed by atoms with van der Waals surface area (Å²) in [5.74, 6) is 0.242. The Kier molecular flexibility index (Phi) is 1.89. The van der Waals surface area contributed by atoms with Crippen LogP contribution in [0.2, 0.25) is 0 Å². The largest absolute Gasteiger partial charge is 0.508 e. The molecule has 2 rings (SSSR count). The van der Waals surface area contributed by atoms with Gasteiger partial charge < -0.3 is 10.8 Å².